The molecule has 2 aromatic rings. The van der Waals surface area contributed by atoms with Crippen molar-refractivity contribution in [2.45, 2.75) is 84.3 Å². The van der Waals surface area contributed by atoms with Crippen LogP contribution in [0.2, 0.25) is 0 Å². The molecule has 0 aliphatic carbocycles. The lowest BCUT2D eigenvalue weighted by Crippen LogP contribution is -2.63. The average molecular weight is 611 g/mol. The highest BCUT2D eigenvalue weighted by molar-refractivity contribution is 7.89. The van der Waals surface area contributed by atoms with E-state index in [0.29, 0.717) is 37.0 Å². The number of piperazine rings is 1. The second-order valence-corrected chi connectivity index (χ2v) is 15.2. The van der Waals surface area contributed by atoms with Crippen LogP contribution < -0.4 is 0 Å². The molecule has 0 bridgehead atoms. The number of rotatable bonds is 8. The van der Waals surface area contributed by atoms with Crippen molar-refractivity contribution in [2.75, 3.05) is 51.6 Å². The molecule has 0 spiro atoms. The number of hydrogen-bond acceptors (Lipinski definition) is 7. The van der Waals surface area contributed by atoms with Crippen LogP contribution in [0.25, 0.3) is 0 Å². The highest BCUT2D eigenvalue weighted by Gasteiger charge is 2.43. The number of benzene rings is 1. The normalized spacial score (nSPS) is 23.7. The highest BCUT2D eigenvalue weighted by Crippen LogP contribution is 2.40. The van der Waals surface area contributed by atoms with Gasteiger partial charge in [-0.15, -0.1) is 0 Å². The molecule has 4 heterocycles. The molecule has 3 saturated heterocycles. The first-order valence-electron chi connectivity index (χ1n) is 16.1. The second-order valence-electron chi connectivity index (χ2n) is 13.1. The molecule has 2 atom stereocenters. The van der Waals surface area contributed by atoms with E-state index in [-0.39, 0.29) is 23.2 Å². The summed E-state index contributed by atoms with van der Waals surface area (Å²) in [6, 6.07) is 11.5. The summed E-state index contributed by atoms with van der Waals surface area (Å²) in [6.45, 7) is 16.1. The zero-order valence-corrected chi connectivity index (χ0v) is 27.5. The van der Waals surface area contributed by atoms with Gasteiger partial charge >= 0.3 is 0 Å². The van der Waals surface area contributed by atoms with Crippen LogP contribution in [-0.2, 0) is 10.0 Å². The number of aromatic nitrogens is 2. The van der Waals surface area contributed by atoms with Crippen LogP contribution in [0.5, 0.6) is 0 Å². The molecule has 9 nitrogen and oxygen atoms in total. The van der Waals surface area contributed by atoms with E-state index < -0.39 is 10.0 Å². The molecule has 5 rings (SSSR count). The molecule has 1 aromatic heterocycles. The number of aryl methyl sites for hydroxylation is 2. The number of carbonyl (C=O) groups excluding carboxylic acids is 1. The maximum Gasteiger partial charge on any atom is 0.257 e. The second kappa shape index (κ2) is 13.3. The minimum absolute atomic E-state index is 0.0510. The largest absolute Gasteiger partial charge is 0.338 e. The van der Waals surface area contributed by atoms with Crippen LogP contribution in [0, 0.1) is 19.8 Å². The zero-order valence-electron chi connectivity index (χ0n) is 26.7. The average Bonchev–Trinajstić information content (AvgIpc) is 2.99. The first-order chi connectivity index (χ1) is 20.5. The van der Waals surface area contributed by atoms with Crippen LogP contribution in [-0.4, -0.2) is 106 Å². The lowest BCUT2D eigenvalue weighted by molar-refractivity contribution is -0.0421. The molecule has 236 valence electrons. The Morgan fingerprint density at radius 1 is 0.977 bits per heavy atom. The molecule has 0 saturated carbocycles. The molecule has 3 aliphatic heterocycles. The van der Waals surface area contributed by atoms with Crippen molar-refractivity contribution in [2.24, 2.45) is 5.92 Å². The summed E-state index contributed by atoms with van der Waals surface area (Å²) in [7, 11) is -3.16. The van der Waals surface area contributed by atoms with Crippen LogP contribution >= 0.6 is 0 Å². The maximum absolute atomic E-state index is 13.4. The number of likely N-dealkylation sites (tertiary alicyclic amines) is 1. The van der Waals surface area contributed by atoms with E-state index in [4.69, 9.17) is 0 Å². The smallest absolute Gasteiger partial charge is 0.257 e. The molecule has 0 unspecified atom stereocenters. The van der Waals surface area contributed by atoms with Gasteiger partial charge in [0, 0.05) is 63.4 Å². The van der Waals surface area contributed by atoms with Gasteiger partial charge in [0.15, 0.2) is 0 Å². The third-order valence-corrected chi connectivity index (χ3v) is 12.4. The van der Waals surface area contributed by atoms with Crippen molar-refractivity contribution in [1.82, 2.24) is 29.0 Å². The Labute approximate surface area is 258 Å². The number of nitrogens with zero attached hydrogens (tertiary/aromatic N) is 6. The molecular weight excluding hydrogens is 560 g/mol. The number of hydrogen-bond donors (Lipinski definition) is 0. The summed E-state index contributed by atoms with van der Waals surface area (Å²) in [6.07, 6.45) is 5.86. The lowest BCUT2D eigenvalue weighted by atomic mass is 9.82. The van der Waals surface area contributed by atoms with E-state index in [2.05, 4.69) is 63.9 Å². The fourth-order valence-corrected chi connectivity index (χ4v) is 9.23. The maximum atomic E-state index is 13.4. The number of sulfonamides is 1. The molecule has 10 heteroatoms. The Balaban J connectivity index is 1.24. The Bertz CT molecular complexity index is 1330. The molecule has 3 aliphatic rings. The molecule has 0 N–H and O–H groups in total. The molecule has 43 heavy (non-hydrogen) atoms. The highest BCUT2D eigenvalue weighted by atomic mass is 32.2. The van der Waals surface area contributed by atoms with E-state index in [0.717, 1.165) is 69.8 Å². The minimum atomic E-state index is -3.16. The Morgan fingerprint density at radius 3 is 2.19 bits per heavy atom. The Kier molecular flexibility index (Phi) is 9.90. The van der Waals surface area contributed by atoms with Gasteiger partial charge in [-0.05, 0) is 71.3 Å². The van der Waals surface area contributed by atoms with Crippen molar-refractivity contribution in [3.63, 3.8) is 0 Å². The van der Waals surface area contributed by atoms with Crippen LogP contribution in [0.1, 0.15) is 86.2 Å². The summed E-state index contributed by atoms with van der Waals surface area (Å²) in [5.41, 5.74) is 3.53. The summed E-state index contributed by atoms with van der Waals surface area (Å²) in [4.78, 5) is 29.3. The quantitative estimate of drug-likeness (QED) is 0.441. The standard InChI is InChI=1S/C33H50N6O3S/c1-6-22-43(41,42)38-16-12-29(13-17-38)31(28-10-8-7-9-11-28)39-21-20-37(23-25(39)2)33(5)14-18-36(19-15-33)32(40)30-26(3)34-24-35-27(30)4/h7-11,24-25,29,31H,6,12-23H2,1-5H3/t25-,31-/m0/s1. The topological polar surface area (TPSA) is 90.0 Å². The first-order valence-corrected chi connectivity index (χ1v) is 17.8. The van der Waals surface area contributed by atoms with Gasteiger partial charge in [-0.2, -0.15) is 0 Å². The van der Waals surface area contributed by atoms with Crippen LogP contribution in [0.4, 0.5) is 0 Å². The molecule has 1 amide bonds. The predicted octanol–water partition coefficient (Wildman–Crippen LogP) is 4.29. The summed E-state index contributed by atoms with van der Waals surface area (Å²) in [5, 5.41) is 0. The van der Waals surface area contributed by atoms with E-state index in [1.54, 1.807) is 4.31 Å². The van der Waals surface area contributed by atoms with Gasteiger partial charge < -0.3 is 4.90 Å². The predicted molar refractivity (Wildman–Crippen MR) is 170 cm³/mol. The number of amides is 1. The molecular formula is C33H50N6O3S. The summed E-state index contributed by atoms with van der Waals surface area (Å²) >= 11 is 0. The minimum Gasteiger partial charge on any atom is -0.338 e. The van der Waals surface area contributed by atoms with Crippen molar-refractivity contribution in [1.29, 1.82) is 0 Å². The van der Waals surface area contributed by atoms with Gasteiger partial charge in [0.2, 0.25) is 10.0 Å². The Hall–Kier alpha value is -2.40. The first kappa shape index (κ1) is 32.0. The fraction of sp³-hybridized carbons (Fsp3) is 0.667. The molecule has 0 radical (unpaired) electrons. The van der Waals surface area contributed by atoms with E-state index in [9.17, 15) is 13.2 Å². The van der Waals surface area contributed by atoms with Gasteiger partial charge in [0.25, 0.3) is 5.91 Å². The summed E-state index contributed by atoms with van der Waals surface area (Å²) in [5.74, 6) is 0.710. The SMILES string of the molecule is CCCS(=O)(=O)N1CCC([C@H](c2ccccc2)N2CCN(C3(C)CCN(C(=O)c4c(C)ncnc4C)CC3)C[C@@H]2C)CC1. The number of piperidine rings is 2. The van der Waals surface area contributed by atoms with Crippen molar-refractivity contribution < 1.29 is 13.2 Å². The third kappa shape index (κ3) is 6.82. The van der Waals surface area contributed by atoms with Gasteiger partial charge in [-0.25, -0.2) is 22.7 Å². The third-order valence-electron chi connectivity index (χ3n) is 10.3. The van der Waals surface area contributed by atoms with Gasteiger partial charge in [0.1, 0.15) is 6.33 Å². The van der Waals surface area contributed by atoms with E-state index in [1.165, 1.54) is 11.9 Å². The van der Waals surface area contributed by atoms with Gasteiger partial charge in [0.05, 0.1) is 22.7 Å². The molecule has 1 aromatic carbocycles. The number of carbonyl (C=O) groups is 1. The lowest BCUT2D eigenvalue weighted by Gasteiger charge is -2.54. The van der Waals surface area contributed by atoms with E-state index >= 15 is 0 Å². The van der Waals surface area contributed by atoms with Gasteiger partial charge in [-0.3, -0.25) is 14.6 Å². The van der Waals surface area contributed by atoms with Gasteiger partial charge in [-0.1, -0.05) is 37.3 Å². The van der Waals surface area contributed by atoms with Crippen LogP contribution in [0.3, 0.4) is 0 Å². The fourth-order valence-electron chi connectivity index (χ4n) is 7.68. The van der Waals surface area contributed by atoms with E-state index in [1.807, 2.05) is 25.7 Å². The monoisotopic (exact) mass is 610 g/mol. The zero-order chi connectivity index (χ0) is 30.8. The van der Waals surface area contributed by atoms with Crippen molar-refractivity contribution in [3.05, 3.63) is 59.2 Å². The Morgan fingerprint density at radius 2 is 1.60 bits per heavy atom. The van der Waals surface area contributed by atoms with Crippen molar-refractivity contribution >= 4 is 15.9 Å². The van der Waals surface area contributed by atoms with Crippen molar-refractivity contribution in [3.8, 4) is 0 Å². The molecule has 3 fully saturated rings. The van der Waals surface area contributed by atoms with Crippen LogP contribution in [0.15, 0.2) is 36.7 Å². The summed E-state index contributed by atoms with van der Waals surface area (Å²) < 4.78 is 27.2.